The van der Waals surface area contributed by atoms with Crippen LogP contribution in [-0.4, -0.2) is 45.2 Å². The number of hydrogen-bond acceptors (Lipinski definition) is 3. The zero-order chi connectivity index (χ0) is 13.4. The van der Waals surface area contributed by atoms with Crippen LogP contribution in [0.3, 0.4) is 0 Å². The van der Waals surface area contributed by atoms with Crippen LogP contribution in [0.2, 0.25) is 0 Å². The van der Waals surface area contributed by atoms with Crippen molar-refractivity contribution >= 4 is 6.08 Å². The molecule has 0 heterocycles. The van der Waals surface area contributed by atoms with Gasteiger partial charge in [-0.15, -0.1) is 0 Å². The van der Waals surface area contributed by atoms with E-state index in [0.717, 1.165) is 18.9 Å². The second-order valence-corrected chi connectivity index (χ2v) is 4.66. The van der Waals surface area contributed by atoms with Crippen molar-refractivity contribution in [2.75, 3.05) is 34.3 Å². The van der Waals surface area contributed by atoms with Crippen molar-refractivity contribution in [3.63, 3.8) is 0 Å². The SMILES string of the molecule is CNC(C)/C=C/c1ccc(OCCN(C)C)cc1. The Labute approximate surface area is 110 Å². The highest BCUT2D eigenvalue weighted by Crippen LogP contribution is 2.13. The van der Waals surface area contributed by atoms with Gasteiger partial charge in [0.15, 0.2) is 0 Å². The van der Waals surface area contributed by atoms with Crippen LogP contribution in [0.5, 0.6) is 5.75 Å². The molecular formula is C15H24N2O. The monoisotopic (exact) mass is 248 g/mol. The molecule has 0 amide bonds. The fourth-order valence-corrected chi connectivity index (χ4v) is 1.37. The number of nitrogens with one attached hydrogen (secondary N) is 1. The van der Waals surface area contributed by atoms with Gasteiger partial charge >= 0.3 is 0 Å². The van der Waals surface area contributed by atoms with Crippen LogP contribution in [0.1, 0.15) is 12.5 Å². The van der Waals surface area contributed by atoms with Crippen molar-refractivity contribution in [1.29, 1.82) is 0 Å². The van der Waals surface area contributed by atoms with Gasteiger partial charge in [-0.25, -0.2) is 0 Å². The Bertz CT molecular complexity index is 357. The molecule has 1 N–H and O–H groups in total. The summed E-state index contributed by atoms with van der Waals surface area (Å²) in [6.45, 7) is 3.77. The van der Waals surface area contributed by atoms with Gasteiger partial charge in [0.1, 0.15) is 12.4 Å². The molecule has 1 unspecified atom stereocenters. The molecule has 18 heavy (non-hydrogen) atoms. The summed E-state index contributed by atoms with van der Waals surface area (Å²) in [5, 5.41) is 3.17. The van der Waals surface area contributed by atoms with Crippen LogP contribution in [0.4, 0.5) is 0 Å². The van der Waals surface area contributed by atoms with Gasteiger partial charge in [-0.3, -0.25) is 0 Å². The third-order valence-electron chi connectivity index (χ3n) is 2.72. The van der Waals surface area contributed by atoms with E-state index in [2.05, 4.69) is 41.4 Å². The topological polar surface area (TPSA) is 24.5 Å². The Morgan fingerprint density at radius 2 is 1.94 bits per heavy atom. The number of likely N-dealkylation sites (N-methyl/N-ethyl adjacent to an activating group) is 2. The molecule has 0 saturated carbocycles. The lowest BCUT2D eigenvalue weighted by Crippen LogP contribution is -2.19. The highest BCUT2D eigenvalue weighted by molar-refractivity contribution is 5.51. The fraction of sp³-hybridized carbons (Fsp3) is 0.467. The Morgan fingerprint density at radius 3 is 2.50 bits per heavy atom. The minimum absolute atomic E-state index is 0.390. The van der Waals surface area contributed by atoms with Crippen LogP contribution in [0, 0.1) is 0 Å². The molecule has 0 fully saturated rings. The molecule has 0 saturated heterocycles. The summed E-state index contributed by atoms with van der Waals surface area (Å²) in [6.07, 6.45) is 4.26. The molecule has 1 rings (SSSR count). The molecule has 100 valence electrons. The molecule has 1 aromatic carbocycles. The van der Waals surface area contributed by atoms with Crippen LogP contribution in [0.25, 0.3) is 6.08 Å². The second-order valence-electron chi connectivity index (χ2n) is 4.66. The smallest absolute Gasteiger partial charge is 0.119 e. The molecule has 3 heteroatoms. The fourth-order valence-electron chi connectivity index (χ4n) is 1.37. The minimum atomic E-state index is 0.390. The van der Waals surface area contributed by atoms with Gasteiger partial charge in [0.2, 0.25) is 0 Å². The van der Waals surface area contributed by atoms with Crippen molar-refractivity contribution in [1.82, 2.24) is 10.2 Å². The number of nitrogens with zero attached hydrogens (tertiary/aromatic N) is 1. The van der Waals surface area contributed by atoms with Gasteiger partial charge in [0, 0.05) is 12.6 Å². The van der Waals surface area contributed by atoms with E-state index in [9.17, 15) is 0 Å². The molecule has 0 aliphatic carbocycles. The molecule has 0 aliphatic rings. The standard InChI is InChI=1S/C15H24N2O/c1-13(16-2)5-6-14-7-9-15(10-8-14)18-12-11-17(3)4/h5-10,13,16H,11-12H2,1-4H3/b6-5+. The average Bonchev–Trinajstić information content (AvgIpc) is 2.37. The van der Waals surface area contributed by atoms with Gasteiger partial charge in [0.05, 0.1) is 0 Å². The minimum Gasteiger partial charge on any atom is -0.492 e. The Morgan fingerprint density at radius 1 is 1.28 bits per heavy atom. The summed E-state index contributed by atoms with van der Waals surface area (Å²) in [5.41, 5.74) is 1.19. The Hall–Kier alpha value is -1.32. The predicted molar refractivity (Wildman–Crippen MR) is 78.0 cm³/mol. The van der Waals surface area contributed by atoms with Crippen molar-refractivity contribution < 1.29 is 4.74 Å². The number of rotatable bonds is 7. The number of hydrogen-bond donors (Lipinski definition) is 1. The van der Waals surface area contributed by atoms with Gasteiger partial charge in [0.25, 0.3) is 0 Å². The van der Waals surface area contributed by atoms with E-state index in [4.69, 9.17) is 4.74 Å². The lowest BCUT2D eigenvalue weighted by atomic mass is 10.2. The van der Waals surface area contributed by atoms with Gasteiger partial charge < -0.3 is 15.0 Å². The zero-order valence-electron chi connectivity index (χ0n) is 11.8. The molecule has 0 radical (unpaired) electrons. The average molecular weight is 248 g/mol. The van der Waals surface area contributed by atoms with Crippen molar-refractivity contribution in [3.8, 4) is 5.75 Å². The Balaban J connectivity index is 2.44. The highest BCUT2D eigenvalue weighted by atomic mass is 16.5. The summed E-state index contributed by atoms with van der Waals surface area (Å²) in [6, 6.07) is 8.56. The van der Waals surface area contributed by atoms with Gasteiger partial charge in [-0.1, -0.05) is 24.3 Å². The third kappa shape index (κ3) is 5.84. The lowest BCUT2D eigenvalue weighted by molar-refractivity contribution is 0.261. The third-order valence-corrected chi connectivity index (χ3v) is 2.72. The van der Waals surface area contributed by atoms with Crippen molar-refractivity contribution in [2.24, 2.45) is 0 Å². The molecule has 0 aliphatic heterocycles. The maximum atomic E-state index is 5.64. The van der Waals surface area contributed by atoms with Crippen LogP contribution in [-0.2, 0) is 0 Å². The first kappa shape index (κ1) is 14.7. The number of ether oxygens (including phenoxy) is 1. The molecule has 1 atom stereocenters. The maximum absolute atomic E-state index is 5.64. The van der Waals surface area contributed by atoms with Crippen LogP contribution in [0.15, 0.2) is 30.3 Å². The molecule has 1 aromatic rings. The molecule has 3 nitrogen and oxygen atoms in total. The first-order valence-corrected chi connectivity index (χ1v) is 6.35. The van der Waals surface area contributed by atoms with E-state index in [-0.39, 0.29) is 0 Å². The second kappa shape index (κ2) is 7.90. The van der Waals surface area contributed by atoms with Crippen LogP contribution >= 0.6 is 0 Å². The molecular weight excluding hydrogens is 224 g/mol. The summed E-state index contributed by atoms with van der Waals surface area (Å²) in [4.78, 5) is 2.11. The van der Waals surface area contributed by atoms with E-state index in [0.29, 0.717) is 6.04 Å². The summed E-state index contributed by atoms with van der Waals surface area (Å²) < 4.78 is 5.64. The molecule has 0 bridgehead atoms. The molecule has 0 spiro atoms. The summed E-state index contributed by atoms with van der Waals surface area (Å²) in [7, 11) is 6.04. The maximum Gasteiger partial charge on any atom is 0.119 e. The lowest BCUT2D eigenvalue weighted by Gasteiger charge is -2.11. The first-order valence-electron chi connectivity index (χ1n) is 6.35. The zero-order valence-corrected chi connectivity index (χ0v) is 11.8. The van der Waals surface area contributed by atoms with E-state index in [1.165, 1.54) is 5.56 Å². The summed E-state index contributed by atoms with van der Waals surface area (Å²) >= 11 is 0. The normalized spacial score (nSPS) is 13.2. The van der Waals surface area contributed by atoms with E-state index in [1.54, 1.807) is 0 Å². The largest absolute Gasteiger partial charge is 0.492 e. The molecule has 0 aromatic heterocycles. The summed E-state index contributed by atoms with van der Waals surface area (Å²) in [5.74, 6) is 0.927. The quantitative estimate of drug-likeness (QED) is 0.801. The van der Waals surface area contributed by atoms with Crippen molar-refractivity contribution in [3.05, 3.63) is 35.9 Å². The van der Waals surface area contributed by atoms with Gasteiger partial charge in [-0.05, 0) is 45.8 Å². The van der Waals surface area contributed by atoms with E-state index >= 15 is 0 Å². The predicted octanol–water partition coefficient (Wildman–Crippen LogP) is 2.25. The first-order chi connectivity index (χ1) is 8.61. The number of benzene rings is 1. The Kier molecular flexibility index (Phi) is 6.47. The van der Waals surface area contributed by atoms with Gasteiger partial charge in [-0.2, -0.15) is 0 Å². The van der Waals surface area contributed by atoms with Crippen LogP contribution < -0.4 is 10.1 Å². The highest BCUT2D eigenvalue weighted by Gasteiger charge is 1.95. The van der Waals surface area contributed by atoms with E-state index in [1.807, 2.05) is 33.3 Å². The van der Waals surface area contributed by atoms with E-state index < -0.39 is 0 Å². The van der Waals surface area contributed by atoms with Crippen molar-refractivity contribution in [2.45, 2.75) is 13.0 Å².